The van der Waals surface area contributed by atoms with Gasteiger partial charge in [-0.3, -0.25) is 4.79 Å². The van der Waals surface area contributed by atoms with Crippen molar-refractivity contribution in [2.24, 2.45) is 0 Å². The number of nitrogens with zero attached hydrogens (tertiary/aromatic N) is 3. The van der Waals surface area contributed by atoms with Gasteiger partial charge in [-0.25, -0.2) is 9.48 Å². The first-order chi connectivity index (χ1) is 10.1. The fourth-order valence-electron chi connectivity index (χ4n) is 2.55. The molecule has 0 saturated carbocycles. The van der Waals surface area contributed by atoms with Gasteiger partial charge in [0, 0.05) is 6.61 Å². The Morgan fingerprint density at radius 3 is 2.95 bits per heavy atom. The Balaban J connectivity index is 2.08. The highest BCUT2D eigenvalue weighted by atomic mass is 16.5. The summed E-state index contributed by atoms with van der Waals surface area (Å²) in [6.07, 6.45) is 2.72. The van der Waals surface area contributed by atoms with Gasteiger partial charge in [-0.2, -0.15) is 5.10 Å². The van der Waals surface area contributed by atoms with Gasteiger partial charge >= 0.3 is 5.97 Å². The smallest absolute Gasteiger partial charge is 0.357 e. The fraction of sp³-hybridized carbons (Fsp3) is 0.538. The van der Waals surface area contributed by atoms with Crippen molar-refractivity contribution >= 4 is 16.9 Å². The number of hydrogen-bond acceptors (Lipinski definition) is 6. The van der Waals surface area contributed by atoms with E-state index in [1.807, 2.05) is 0 Å². The molecule has 1 N–H and O–H groups in total. The Kier molecular flexibility index (Phi) is 3.46. The first kappa shape index (κ1) is 13.7. The van der Waals surface area contributed by atoms with Crippen LogP contribution in [0.4, 0.5) is 0 Å². The average molecular weight is 293 g/mol. The Hall–Kier alpha value is -2.22. The van der Waals surface area contributed by atoms with E-state index < -0.39 is 11.5 Å². The molecule has 3 heterocycles. The lowest BCUT2D eigenvalue weighted by atomic mass is 10.1. The molecule has 1 atom stereocenters. The summed E-state index contributed by atoms with van der Waals surface area (Å²) < 4.78 is 11.6. The Bertz CT molecular complexity index is 742. The van der Waals surface area contributed by atoms with E-state index in [1.165, 1.54) is 0 Å². The first-order valence-electron chi connectivity index (χ1n) is 6.80. The number of rotatable bonds is 3. The normalized spacial score (nSPS) is 19.0. The maximum absolute atomic E-state index is 12.3. The zero-order valence-corrected chi connectivity index (χ0v) is 11.5. The molecule has 21 heavy (non-hydrogen) atoms. The van der Waals surface area contributed by atoms with Crippen LogP contribution in [0.15, 0.2) is 9.32 Å². The predicted molar refractivity (Wildman–Crippen MR) is 71.4 cm³/mol. The third-order valence-electron chi connectivity index (χ3n) is 3.61. The molecule has 0 bridgehead atoms. The maximum atomic E-state index is 12.3. The van der Waals surface area contributed by atoms with Gasteiger partial charge in [-0.1, -0.05) is 5.16 Å². The van der Waals surface area contributed by atoms with Crippen LogP contribution in [-0.4, -0.2) is 38.7 Å². The Labute approximate surface area is 119 Å². The average Bonchev–Trinajstić information content (AvgIpc) is 2.85. The summed E-state index contributed by atoms with van der Waals surface area (Å²) in [6.45, 7) is 2.43. The van der Waals surface area contributed by atoms with Crippen molar-refractivity contribution in [3.8, 4) is 0 Å². The van der Waals surface area contributed by atoms with Crippen LogP contribution < -0.4 is 5.56 Å². The lowest BCUT2D eigenvalue weighted by molar-refractivity contribution is 0.00306. The number of aromatic carboxylic acids is 1. The van der Waals surface area contributed by atoms with Crippen LogP contribution in [0.1, 0.15) is 35.5 Å². The standard InChI is InChI=1S/C13H15N3O5/c1-7-9-10(15-21-7)12(17)16(14-11(9)13(18)19)6-8-4-2-3-5-20-8/h8H,2-6H2,1H3,(H,18,19). The minimum absolute atomic E-state index is 0.00397. The number of aryl methyl sites for hydroxylation is 1. The van der Waals surface area contributed by atoms with Gasteiger partial charge in [0.15, 0.2) is 11.2 Å². The molecule has 0 amide bonds. The molecule has 1 fully saturated rings. The number of carboxylic acids is 1. The van der Waals surface area contributed by atoms with Crippen LogP contribution in [0.2, 0.25) is 0 Å². The van der Waals surface area contributed by atoms with Crippen LogP contribution in [0.25, 0.3) is 10.9 Å². The highest BCUT2D eigenvalue weighted by molar-refractivity contribution is 6.00. The van der Waals surface area contributed by atoms with Crippen molar-refractivity contribution in [2.45, 2.75) is 38.8 Å². The lowest BCUT2D eigenvalue weighted by Gasteiger charge is -2.22. The van der Waals surface area contributed by atoms with Gasteiger partial charge in [0.2, 0.25) is 0 Å². The van der Waals surface area contributed by atoms with Crippen molar-refractivity contribution in [1.82, 2.24) is 14.9 Å². The molecule has 2 aromatic rings. The number of ether oxygens (including phenoxy) is 1. The number of hydrogen-bond donors (Lipinski definition) is 1. The zero-order chi connectivity index (χ0) is 15.0. The van der Waals surface area contributed by atoms with E-state index in [1.54, 1.807) is 6.92 Å². The molecule has 0 radical (unpaired) electrons. The third kappa shape index (κ3) is 2.42. The Morgan fingerprint density at radius 2 is 2.29 bits per heavy atom. The monoisotopic (exact) mass is 293 g/mol. The van der Waals surface area contributed by atoms with Gasteiger partial charge < -0.3 is 14.4 Å². The number of carbonyl (C=O) groups is 1. The van der Waals surface area contributed by atoms with E-state index in [4.69, 9.17) is 9.26 Å². The van der Waals surface area contributed by atoms with E-state index in [0.717, 1.165) is 23.9 Å². The second-order valence-electron chi connectivity index (χ2n) is 5.09. The van der Waals surface area contributed by atoms with Crippen molar-refractivity contribution < 1.29 is 19.2 Å². The number of fused-ring (bicyclic) bond motifs is 1. The second kappa shape index (κ2) is 5.28. The summed E-state index contributed by atoms with van der Waals surface area (Å²) in [4.78, 5) is 23.7. The first-order valence-corrected chi connectivity index (χ1v) is 6.80. The SMILES string of the molecule is Cc1onc2c(=O)n(CC3CCCCO3)nc(C(=O)O)c12. The quantitative estimate of drug-likeness (QED) is 0.897. The van der Waals surface area contributed by atoms with Crippen molar-refractivity contribution in [3.63, 3.8) is 0 Å². The summed E-state index contributed by atoms with van der Waals surface area (Å²) >= 11 is 0. The highest BCUT2D eigenvalue weighted by Crippen LogP contribution is 2.19. The van der Waals surface area contributed by atoms with E-state index >= 15 is 0 Å². The summed E-state index contributed by atoms with van der Waals surface area (Å²) in [6, 6.07) is 0. The molecule has 112 valence electrons. The van der Waals surface area contributed by atoms with Crippen LogP contribution in [-0.2, 0) is 11.3 Å². The highest BCUT2D eigenvalue weighted by Gasteiger charge is 2.23. The van der Waals surface area contributed by atoms with Crippen LogP contribution in [0.5, 0.6) is 0 Å². The molecule has 1 aliphatic rings. The third-order valence-corrected chi connectivity index (χ3v) is 3.61. The summed E-state index contributed by atoms with van der Waals surface area (Å²) in [5.74, 6) is -0.947. The predicted octanol–water partition coefficient (Wildman–Crippen LogP) is 0.960. The summed E-state index contributed by atoms with van der Waals surface area (Å²) in [5.41, 5.74) is -0.684. The molecule has 1 aliphatic heterocycles. The minimum Gasteiger partial charge on any atom is -0.476 e. The number of carboxylic acid groups (broad SMARTS) is 1. The maximum Gasteiger partial charge on any atom is 0.357 e. The Morgan fingerprint density at radius 1 is 1.48 bits per heavy atom. The fourth-order valence-corrected chi connectivity index (χ4v) is 2.55. The molecule has 1 saturated heterocycles. The molecular formula is C13H15N3O5. The topological polar surface area (TPSA) is 107 Å². The molecular weight excluding hydrogens is 278 g/mol. The van der Waals surface area contributed by atoms with E-state index in [0.29, 0.717) is 6.61 Å². The minimum atomic E-state index is -1.22. The van der Waals surface area contributed by atoms with E-state index in [9.17, 15) is 14.7 Å². The van der Waals surface area contributed by atoms with Gasteiger partial charge in [-0.15, -0.1) is 0 Å². The van der Waals surface area contributed by atoms with Gasteiger partial charge in [-0.05, 0) is 26.2 Å². The van der Waals surface area contributed by atoms with Crippen LogP contribution in [0.3, 0.4) is 0 Å². The second-order valence-corrected chi connectivity index (χ2v) is 5.09. The molecule has 0 aromatic carbocycles. The van der Waals surface area contributed by atoms with Gasteiger partial charge in [0.1, 0.15) is 5.76 Å². The van der Waals surface area contributed by atoms with Crippen molar-refractivity contribution in [3.05, 3.63) is 21.8 Å². The van der Waals surface area contributed by atoms with Gasteiger partial charge in [0.05, 0.1) is 18.0 Å². The molecule has 8 heteroatoms. The largest absolute Gasteiger partial charge is 0.476 e. The number of aromatic nitrogens is 3. The lowest BCUT2D eigenvalue weighted by Crippen LogP contribution is -2.33. The molecule has 0 aliphatic carbocycles. The summed E-state index contributed by atoms with van der Waals surface area (Å²) in [7, 11) is 0. The zero-order valence-electron chi connectivity index (χ0n) is 11.5. The van der Waals surface area contributed by atoms with Crippen molar-refractivity contribution in [2.75, 3.05) is 6.61 Å². The van der Waals surface area contributed by atoms with Crippen LogP contribution in [0, 0.1) is 6.92 Å². The molecule has 2 aromatic heterocycles. The molecule has 3 rings (SSSR count). The van der Waals surface area contributed by atoms with Crippen LogP contribution >= 0.6 is 0 Å². The molecule has 1 unspecified atom stereocenters. The van der Waals surface area contributed by atoms with E-state index in [-0.39, 0.29) is 35.0 Å². The van der Waals surface area contributed by atoms with E-state index in [2.05, 4.69) is 10.3 Å². The molecule has 8 nitrogen and oxygen atoms in total. The summed E-state index contributed by atoms with van der Waals surface area (Å²) in [5, 5.41) is 17.0. The van der Waals surface area contributed by atoms with Crippen molar-refractivity contribution in [1.29, 1.82) is 0 Å². The van der Waals surface area contributed by atoms with Gasteiger partial charge in [0.25, 0.3) is 5.56 Å². The molecule has 0 spiro atoms.